The first-order valence-corrected chi connectivity index (χ1v) is 6.95. The normalized spacial score (nSPS) is 21.4. The van der Waals surface area contributed by atoms with Crippen LogP contribution in [0.4, 0.5) is 0 Å². The number of carbonyl (C=O) groups excluding carboxylic acids is 1. The molecule has 0 bridgehead atoms. The lowest BCUT2D eigenvalue weighted by Gasteiger charge is -2.15. The molecule has 0 aliphatic carbocycles. The Morgan fingerprint density at radius 2 is 2.59 bits per heavy atom. The summed E-state index contributed by atoms with van der Waals surface area (Å²) in [5.41, 5.74) is 0.943. The molecule has 4 nitrogen and oxygen atoms in total. The molecule has 1 aromatic heterocycles. The Labute approximate surface area is 105 Å². The summed E-state index contributed by atoms with van der Waals surface area (Å²) in [4.78, 5) is 16.3. The highest BCUT2D eigenvalue weighted by atomic mass is 32.1. The summed E-state index contributed by atoms with van der Waals surface area (Å²) in [5, 5.41) is 6.08. The molecule has 1 aliphatic rings. The van der Waals surface area contributed by atoms with Gasteiger partial charge < -0.3 is 10.1 Å². The molecule has 2 heterocycles. The van der Waals surface area contributed by atoms with Crippen LogP contribution in [0.25, 0.3) is 0 Å². The van der Waals surface area contributed by atoms with E-state index in [4.69, 9.17) is 4.74 Å². The number of thiazole rings is 1. The third kappa shape index (κ3) is 3.04. The van der Waals surface area contributed by atoms with Crippen molar-refractivity contribution in [1.82, 2.24) is 10.3 Å². The fourth-order valence-corrected chi connectivity index (χ4v) is 2.69. The van der Waals surface area contributed by atoms with E-state index in [0.29, 0.717) is 6.61 Å². The third-order valence-electron chi connectivity index (χ3n) is 2.90. The Kier molecular flexibility index (Phi) is 4.12. The largest absolute Gasteiger partial charge is 0.368 e. The van der Waals surface area contributed by atoms with E-state index in [1.54, 1.807) is 11.3 Å². The zero-order chi connectivity index (χ0) is 12.3. The van der Waals surface area contributed by atoms with Gasteiger partial charge in [0.15, 0.2) is 0 Å². The maximum absolute atomic E-state index is 11.8. The smallest absolute Gasteiger partial charge is 0.249 e. The lowest BCUT2D eigenvalue weighted by Crippen LogP contribution is -2.35. The molecule has 0 radical (unpaired) electrons. The van der Waals surface area contributed by atoms with Gasteiger partial charge in [-0.3, -0.25) is 4.79 Å². The molecule has 1 saturated heterocycles. The summed E-state index contributed by atoms with van der Waals surface area (Å²) in [5.74, 6) is -0.0129. The van der Waals surface area contributed by atoms with E-state index in [2.05, 4.69) is 17.2 Å². The minimum absolute atomic E-state index is 0.0129. The number of nitrogens with one attached hydrogen (secondary N) is 1. The van der Waals surface area contributed by atoms with Crippen LogP contribution in [0.5, 0.6) is 0 Å². The summed E-state index contributed by atoms with van der Waals surface area (Å²) in [7, 11) is 0. The molecule has 2 rings (SSSR count). The van der Waals surface area contributed by atoms with Crippen molar-refractivity contribution in [3.63, 3.8) is 0 Å². The predicted molar refractivity (Wildman–Crippen MR) is 67.0 cm³/mol. The van der Waals surface area contributed by atoms with Crippen molar-refractivity contribution in [2.45, 2.75) is 45.3 Å². The van der Waals surface area contributed by atoms with Crippen LogP contribution in [0.3, 0.4) is 0 Å². The molecule has 0 spiro atoms. The molecule has 94 valence electrons. The molecule has 1 amide bonds. The highest BCUT2D eigenvalue weighted by molar-refractivity contribution is 7.09. The first-order chi connectivity index (χ1) is 8.20. The lowest BCUT2D eigenvalue weighted by molar-refractivity contribution is -0.130. The van der Waals surface area contributed by atoms with E-state index >= 15 is 0 Å². The monoisotopic (exact) mass is 254 g/mol. The average Bonchev–Trinajstić information content (AvgIpc) is 3.00. The molecule has 0 unspecified atom stereocenters. The van der Waals surface area contributed by atoms with Gasteiger partial charge in [0, 0.05) is 12.0 Å². The molecule has 1 aromatic rings. The number of rotatable bonds is 4. The van der Waals surface area contributed by atoms with Crippen molar-refractivity contribution < 1.29 is 9.53 Å². The summed E-state index contributed by atoms with van der Waals surface area (Å²) >= 11 is 1.64. The average molecular weight is 254 g/mol. The number of aryl methyl sites for hydroxylation is 1. The first-order valence-electron chi connectivity index (χ1n) is 6.07. The van der Waals surface area contributed by atoms with Crippen LogP contribution < -0.4 is 5.32 Å². The number of nitrogens with zero attached hydrogens (tertiary/aromatic N) is 1. The Morgan fingerprint density at radius 1 is 1.76 bits per heavy atom. The molecule has 17 heavy (non-hydrogen) atoms. The molecule has 2 atom stereocenters. The fourth-order valence-electron chi connectivity index (χ4n) is 1.85. The van der Waals surface area contributed by atoms with Gasteiger partial charge in [0.25, 0.3) is 0 Å². The lowest BCUT2D eigenvalue weighted by atomic mass is 10.2. The third-order valence-corrected chi connectivity index (χ3v) is 3.91. The van der Waals surface area contributed by atoms with Gasteiger partial charge in [-0.2, -0.15) is 0 Å². The number of aromatic nitrogens is 1. The Hall–Kier alpha value is -0.940. The van der Waals surface area contributed by atoms with Crippen molar-refractivity contribution in [3.05, 3.63) is 16.1 Å². The second-order valence-electron chi connectivity index (χ2n) is 4.25. The van der Waals surface area contributed by atoms with Crippen LogP contribution in [0.2, 0.25) is 0 Å². The van der Waals surface area contributed by atoms with Crippen LogP contribution in [-0.4, -0.2) is 23.6 Å². The molecule has 5 heteroatoms. The van der Waals surface area contributed by atoms with E-state index in [9.17, 15) is 4.79 Å². The first kappa shape index (κ1) is 12.5. The predicted octanol–water partition coefficient (Wildman–Crippen LogP) is 2.06. The number of amides is 1. The number of hydrogen-bond acceptors (Lipinski definition) is 4. The highest BCUT2D eigenvalue weighted by Crippen LogP contribution is 2.18. The van der Waals surface area contributed by atoms with Crippen LogP contribution in [0, 0.1) is 0 Å². The summed E-state index contributed by atoms with van der Waals surface area (Å²) in [6, 6.07) is -0.0387. The van der Waals surface area contributed by atoms with E-state index < -0.39 is 0 Å². The van der Waals surface area contributed by atoms with Gasteiger partial charge in [0.2, 0.25) is 5.91 Å². The van der Waals surface area contributed by atoms with E-state index in [1.165, 1.54) is 0 Å². The van der Waals surface area contributed by atoms with Crippen molar-refractivity contribution in [2.75, 3.05) is 6.61 Å². The van der Waals surface area contributed by atoms with Gasteiger partial charge in [0.05, 0.1) is 16.7 Å². The van der Waals surface area contributed by atoms with Crippen LogP contribution >= 0.6 is 11.3 Å². The molecule has 1 fully saturated rings. The van der Waals surface area contributed by atoms with E-state index in [1.807, 2.05) is 12.3 Å². The van der Waals surface area contributed by atoms with Crippen LogP contribution in [0.15, 0.2) is 5.38 Å². The standard InChI is InChI=1S/C12H18N2O2S/c1-3-11-14-9(7-17-11)8(2)13-12(15)10-5-4-6-16-10/h7-8,10H,3-6H2,1-2H3,(H,13,15)/t8-,10+/m1/s1. The molecule has 0 saturated carbocycles. The Morgan fingerprint density at radius 3 is 3.18 bits per heavy atom. The quantitative estimate of drug-likeness (QED) is 0.894. The van der Waals surface area contributed by atoms with Gasteiger partial charge >= 0.3 is 0 Å². The van der Waals surface area contributed by atoms with E-state index in [0.717, 1.165) is 30.0 Å². The number of ether oxygens (including phenoxy) is 1. The van der Waals surface area contributed by atoms with Gasteiger partial charge in [-0.15, -0.1) is 11.3 Å². The number of carbonyl (C=O) groups is 1. The van der Waals surface area contributed by atoms with Gasteiger partial charge in [-0.05, 0) is 26.2 Å². The van der Waals surface area contributed by atoms with Crippen molar-refractivity contribution >= 4 is 17.2 Å². The summed E-state index contributed by atoms with van der Waals surface area (Å²) in [6.45, 7) is 4.74. The zero-order valence-electron chi connectivity index (χ0n) is 10.2. The maximum atomic E-state index is 11.8. The number of hydrogen-bond donors (Lipinski definition) is 1. The SMILES string of the molecule is CCc1nc([C@@H](C)NC(=O)[C@@H]2CCCO2)cs1. The molecular formula is C12H18N2O2S. The maximum Gasteiger partial charge on any atom is 0.249 e. The van der Waals surface area contributed by atoms with Crippen LogP contribution in [0.1, 0.15) is 43.4 Å². The molecule has 1 N–H and O–H groups in total. The second kappa shape index (κ2) is 5.60. The molecule has 0 aromatic carbocycles. The Bertz CT molecular complexity index is 386. The fraction of sp³-hybridized carbons (Fsp3) is 0.667. The van der Waals surface area contributed by atoms with Crippen molar-refractivity contribution in [2.24, 2.45) is 0 Å². The van der Waals surface area contributed by atoms with E-state index in [-0.39, 0.29) is 18.1 Å². The Balaban J connectivity index is 1.91. The summed E-state index contributed by atoms with van der Waals surface area (Å²) in [6.07, 6.45) is 2.48. The minimum Gasteiger partial charge on any atom is -0.368 e. The summed E-state index contributed by atoms with van der Waals surface area (Å²) < 4.78 is 5.35. The van der Waals surface area contributed by atoms with Crippen LogP contribution in [-0.2, 0) is 16.0 Å². The minimum atomic E-state index is -0.262. The topological polar surface area (TPSA) is 51.2 Å². The molecule has 1 aliphatic heterocycles. The van der Waals surface area contributed by atoms with Gasteiger partial charge in [-0.25, -0.2) is 4.98 Å². The van der Waals surface area contributed by atoms with Gasteiger partial charge in [-0.1, -0.05) is 6.92 Å². The zero-order valence-corrected chi connectivity index (χ0v) is 11.0. The van der Waals surface area contributed by atoms with Gasteiger partial charge in [0.1, 0.15) is 6.10 Å². The molecular weight excluding hydrogens is 236 g/mol. The van der Waals surface area contributed by atoms with Crippen molar-refractivity contribution in [1.29, 1.82) is 0 Å². The highest BCUT2D eigenvalue weighted by Gasteiger charge is 2.25. The second-order valence-corrected chi connectivity index (χ2v) is 5.19. The van der Waals surface area contributed by atoms with Crippen molar-refractivity contribution in [3.8, 4) is 0 Å².